The number of hydroxylamine groups is 2. The quantitative estimate of drug-likeness (QED) is 0.657. The Balaban J connectivity index is 2.83. The van der Waals surface area contributed by atoms with E-state index in [-0.39, 0.29) is 5.90 Å². The molecule has 0 amide bonds. The Labute approximate surface area is 93.2 Å². The van der Waals surface area contributed by atoms with E-state index < -0.39 is 16.7 Å². The van der Waals surface area contributed by atoms with Gasteiger partial charge in [-0.1, -0.05) is 0 Å². The minimum atomic E-state index is -4.62. The molecule has 0 aromatic carbocycles. The van der Waals surface area contributed by atoms with E-state index in [0.717, 1.165) is 5.06 Å². The van der Waals surface area contributed by atoms with E-state index in [0.29, 0.717) is 12.3 Å². The molecular weight excluding hydrogens is 238 g/mol. The fourth-order valence-corrected chi connectivity index (χ4v) is 1.51. The van der Waals surface area contributed by atoms with E-state index >= 15 is 0 Å². The second kappa shape index (κ2) is 4.78. The molecule has 8 nitrogen and oxygen atoms in total. The highest BCUT2D eigenvalue weighted by Crippen LogP contribution is 2.15. The van der Waals surface area contributed by atoms with Gasteiger partial charge in [-0.05, 0) is 13.8 Å². The highest BCUT2D eigenvalue weighted by atomic mass is 32.3. The molecule has 1 aliphatic rings. The van der Waals surface area contributed by atoms with Gasteiger partial charge in [0.2, 0.25) is 12.2 Å². The minimum Gasteiger partial charge on any atom is -0.478 e. The van der Waals surface area contributed by atoms with Gasteiger partial charge in [-0.25, -0.2) is 10.1 Å². The van der Waals surface area contributed by atoms with Gasteiger partial charge in [0.15, 0.2) is 0 Å². The van der Waals surface area contributed by atoms with Crippen LogP contribution < -0.4 is 5.73 Å². The Morgan fingerprint density at radius 1 is 1.69 bits per heavy atom. The summed E-state index contributed by atoms with van der Waals surface area (Å²) in [7, 11) is -4.62. The van der Waals surface area contributed by atoms with Gasteiger partial charge in [0.1, 0.15) is 0 Å². The predicted molar refractivity (Wildman–Crippen MR) is 55.3 cm³/mol. The largest absolute Gasteiger partial charge is 0.478 e. The first-order valence-electron chi connectivity index (χ1n) is 4.44. The number of nitrogens with zero attached hydrogens (tertiary/aromatic N) is 2. The lowest BCUT2D eigenvalue weighted by molar-refractivity contribution is -0.0619. The summed E-state index contributed by atoms with van der Waals surface area (Å²) in [6.07, 6.45) is 0.353. The summed E-state index contributed by atoms with van der Waals surface area (Å²) in [5.41, 5.74) is 5.86. The number of hydrogen-bond acceptors (Lipinski definition) is 7. The van der Waals surface area contributed by atoms with Gasteiger partial charge >= 0.3 is 10.4 Å². The van der Waals surface area contributed by atoms with Crippen LogP contribution in [-0.4, -0.2) is 36.8 Å². The SMILES string of the molecule is CCOC1=NC(N)N(OS(=O)(=O)O)C(C)=C1. The molecule has 0 saturated carbocycles. The van der Waals surface area contributed by atoms with Gasteiger partial charge in [-0.2, -0.15) is 8.42 Å². The summed E-state index contributed by atoms with van der Waals surface area (Å²) in [4.78, 5) is 3.81. The summed E-state index contributed by atoms with van der Waals surface area (Å²) in [6, 6.07) is 0. The molecule has 3 N–H and O–H groups in total. The molecule has 1 unspecified atom stereocenters. The van der Waals surface area contributed by atoms with E-state index in [1.54, 1.807) is 13.8 Å². The van der Waals surface area contributed by atoms with E-state index in [1.807, 2.05) is 0 Å². The van der Waals surface area contributed by atoms with Crippen LogP contribution in [0.3, 0.4) is 0 Å². The molecule has 92 valence electrons. The first-order chi connectivity index (χ1) is 7.33. The summed E-state index contributed by atoms with van der Waals surface area (Å²) >= 11 is 0. The van der Waals surface area contributed by atoms with Gasteiger partial charge in [0, 0.05) is 11.8 Å². The monoisotopic (exact) mass is 251 g/mol. The number of rotatable bonds is 3. The topological polar surface area (TPSA) is 114 Å². The molecule has 0 aliphatic carbocycles. The van der Waals surface area contributed by atoms with Crippen LogP contribution >= 0.6 is 0 Å². The summed E-state index contributed by atoms with van der Waals surface area (Å²) < 4.78 is 38.9. The molecule has 0 saturated heterocycles. The maximum absolute atomic E-state index is 10.5. The number of ether oxygens (including phenoxy) is 1. The van der Waals surface area contributed by atoms with Crippen molar-refractivity contribution in [2.75, 3.05) is 6.61 Å². The fraction of sp³-hybridized carbons (Fsp3) is 0.571. The number of hydrogen-bond donors (Lipinski definition) is 2. The average Bonchev–Trinajstić information content (AvgIpc) is 2.10. The molecular formula is C7H13N3O5S. The molecule has 0 radical (unpaired) electrons. The maximum Gasteiger partial charge on any atom is 0.418 e. The minimum absolute atomic E-state index is 0.280. The third-order valence-electron chi connectivity index (χ3n) is 1.65. The van der Waals surface area contributed by atoms with Crippen molar-refractivity contribution >= 4 is 16.3 Å². The van der Waals surface area contributed by atoms with Crippen LogP contribution in [0.15, 0.2) is 16.8 Å². The second-order valence-corrected chi connectivity index (χ2v) is 3.93. The van der Waals surface area contributed by atoms with Crippen molar-refractivity contribution in [3.05, 3.63) is 11.8 Å². The highest BCUT2D eigenvalue weighted by Gasteiger charge is 2.25. The molecule has 0 aromatic heterocycles. The van der Waals surface area contributed by atoms with Gasteiger partial charge in [-0.15, -0.1) is 4.28 Å². The molecule has 0 aromatic rings. The van der Waals surface area contributed by atoms with Crippen LogP contribution in [0.5, 0.6) is 0 Å². The molecule has 1 rings (SSSR count). The molecule has 0 fully saturated rings. The molecule has 16 heavy (non-hydrogen) atoms. The van der Waals surface area contributed by atoms with Crippen molar-refractivity contribution in [3.8, 4) is 0 Å². The zero-order chi connectivity index (χ0) is 12.3. The molecule has 1 aliphatic heterocycles. The Bertz CT molecular complexity index is 416. The zero-order valence-electron chi connectivity index (χ0n) is 8.82. The van der Waals surface area contributed by atoms with Crippen molar-refractivity contribution in [2.24, 2.45) is 10.7 Å². The van der Waals surface area contributed by atoms with Crippen molar-refractivity contribution in [2.45, 2.75) is 20.1 Å². The molecule has 9 heteroatoms. The average molecular weight is 251 g/mol. The maximum atomic E-state index is 10.5. The van der Waals surface area contributed by atoms with Gasteiger partial charge in [0.05, 0.1) is 6.61 Å². The van der Waals surface area contributed by atoms with E-state index in [4.69, 9.17) is 15.0 Å². The predicted octanol–water partition coefficient (Wildman–Crippen LogP) is -0.382. The highest BCUT2D eigenvalue weighted by molar-refractivity contribution is 7.80. The fourth-order valence-electron chi connectivity index (χ4n) is 1.10. The normalized spacial score (nSPS) is 21.5. The number of allylic oxidation sites excluding steroid dienone is 1. The van der Waals surface area contributed by atoms with Crippen LogP contribution in [0, 0.1) is 0 Å². The molecule has 0 spiro atoms. The standard InChI is InChI=1S/C7H13N3O5S/c1-3-14-6-4-5(2)10(7(8)9-6)15-16(11,12)13/h4,7H,3,8H2,1-2H3,(H,11,12,13). The van der Waals surface area contributed by atoms with E-state index in [2.05, 4.69) is 9.28 Å². The molecule has 1 atom stereocenters. The Morgan fingerprint density at radius 3 is 2.75 bits per heavy atom. The van der Waals surface area contributed by atoms with Crippen LogP contribution in [0.4, 0.5) is 0 Å². The lowest BCUT2D eigenvalue weighted by Gasteiger charge is -2.28. The van der Waals surface area contributed by atoms with Crippen molar-refractivity contribution in [3.63, 3.8) is 0 Å². The van der Waals surface area contributed by atoms with Crippen LogP contribution in [0.2, 0.25) is 0 Å². The lowest BCUT2D eigenvalue weighted by Crippen LogP contribution is -2.43. The summed E-state index contributed by atoms with van der Waals surface area (Å²) in [6.45, 7) is 3.73. The van der Waals surface area contributed by atoms with Crippen molar-refractivity contribution in [1.29, 1.82) is 0 Å². The zero-order valence-corrected chi connectivity index (χ0v) is 9.64. The van der Waals surface area contributed by atoms with Gasteiger partial charge in [-0.3, -0.25) is 10.3 Å². The van der Waals surface area contributed by atoms with Gasteiger partial charge < -0.3 is 4.74 Å². The third kappa shape index (κ3) is 3.45. The first-order valence-corrected chi connectivity index (χ1v) is 5.80. The van der Waals surface area contributed by atoms with Crippen LogP contribution in [-0.2, 0) is 19.4 Å². The second-order valence-electron chi connectivity index (χ2n) is 2.93. The Hall–Kier alpha value is -1.16. The lowest BCUT2D eigenvalue weighted by atomic mass is 10.4. The smallest absolute Gasteiger partial charge is 0.418 e. The Morgan fingerprint density at radius 2 is 2.31 bits per heavy atom. The van der Waals surface area contributed by atoms with Gasteiger partial charge in [0.25, 0.3) is 0 Å². The van der Waals surface area contributed by atoms with Crippen LogP contribution in [0.1, 0.15) is 13.8 Å². The van der Waals surface area contributed by atoms with E-state index in [1.165, 1.54) is 6.08 Å². The Kier molecular flexibility index (Phi) is 3.86. The molecule has 0 bridgehead atoms. The van der Waals surface area contributed by atoms with Crippen molar-refractivity contribution in [1.82, 2.24) is 5.06 Å². The molecule has 1 heterocycles. The van der Waals surface area contributed by atoms with E-state index in [9.17, 15) is 8.42 Å². The first kappa shape index (κ1) is 12.9. The van der Waals surface area contributed by atoms with Crippen molar-refractivity contribution < 1.29 is 22.0 Å². The number of nitrogens with two attached hydrogens (primary N) is 1. The summed E-state index contributed by atoms with van der Waals surface area (Å²) in [5.74, 6) is 0.280. The third-order valence-corrected chi connectivity index (χ3v) is 2.00. The van der Waals surface area contributed by atoms with Crippen LogP contribution in [0.25, 0.3) is 0 Å². The summed E-state index contributed by atoms with van der Waals surface area (Å²) in [5, 5.41) is 0.762. The number of aliphatic imine (C=N–C) groups is 1.